The summed E-state index contributed by atoms with van der Waals surface area (Å²) in [7, 11) is 0. The van der Waals surface area contributed by atoms with E-state index in [2.05, 4.69) is 10.2 Å². The molecule has 0 aliphatic carbocycles. The standard InChI is InChI=1S/C13H15Cl2N3OS/c1-7(2)11(16)12-17-18-13(19-12)20-6-8-3-4-9(14)5-10(8)15/h3-5,7,11H,6,16H2,1-2H3. The Morgan fingerprint density at radius 1 is 1.30 bits per heavy atom. The Labute approximate surface area is 132 Å². The van der Waals surface area contributed by atoms with Crippen LogP contribution in [-0.2, 0) is 5.75 Å². The molecule has 0 amide bonds. The zero-order valence-electron chi connectivity index (χ0n) is 11.1. The van der Waals surface area contributed by atoms with Crippen LogP contribution in [-0.4, -0.2) is 10.2 Å². The lowest BCUT2D eigenvalue weighted by Crippen LogP contribution is -2.16. The third-order valence-corrected chi connectivity index (χ3v) is 4.25. The minimum atomic E-state index is -0.240. The summed E-state index contributed by atoms with van der Waals surface area (Å²) in [5, 5.41) is 9.68. The molecule has 2 aromatic rings. The zero-order valence-corrected chi connectivity index (χ0v) is 13.5. The minimum absolute atomic E-state index is 0.240. The van der Waals surface area contributed by atoms with Crippen molar-refractivity contribution < 1.29 is 4.42 Å². The predicted molar refractivity (Wildman–Crippen MR) is 82.1 cm³/mol. The number of hydrogen-bond donors (Lipinski definition) is 1. The largest absolute Gasteiger partial charge is 0.414 e. The van der Waals surface area contributed by atoms with Crippen LogP contribution in [0.1, 0.15) is 31.3 Å². The van der Waals surface area contributed by atoms with Gasteiger partial charge in [0, 0.05) is 15.8 Å². The van der Waals surface area contributed by atoms with Crippen LogP contribution >= 0.6 is 35.0 Å². The molecule has 7 heteroatoms. The van der Waals surface area contributed by atoms with E-state index in [-0.39, 0.29) is 12.0 Å². The van der Waals surface area contributed by atoms with Crippen molar-refractivity contribution in [3.63, 3.8) is 0 Å². The molecule has 0 saturated carbocycles. The van der Waals surface area contributed by atoms with Crippen molar-refractivity contribution in [2.75, 3.05) is 0 Å². The van der Waals surface area contributed by atoms with E-state index < -0.39 is 0 Å². The van der Waals surface area contributed by atoms with Crippen molar-refractivity contribution in [1.82, 2.24) is 10.2 Å². The number of aromatic nitrogens is 2. The van der Waals surface area contributed by atoms with E-state index >= 15 is 0 Å². The lowest BCUT2D eigenvalue weighted by molar-refractivity contribution is 0.349. The number of hydrogen-bond acceptors (Lipinski definition) is 5. The monoisotopic (exact) mass is 331 g/mol. The average molecular weight is 332 g/mol. The third-order valence-electron chi connectivity index (χ3n) is 2.79. The SMILES string of the molecule is CC(C)C(N)c1nnc(SCc2ccc(Cl)cc2Cl)o1. The molecule has 1 aromatic heterocycles. The first-order chi connectivity index (χ1) is 9.47. The van der Waals surface area contributed by atoms with Gasteiger partial charge in [-0.15, -0.1) is 10.2 Å². The molecule has 1 heterocycles. The van der Waals surface area contributed by atoms with Gasteiger partial charge in [-0.1, -0.05) is 54.9 Å². The summed E-state index contributed by atoms with van der Waals surface area (Å²) < 4.78 is 5.54. The number of halogens is 2. The fourth-order valence-corrected chi connectivity index (χ4v) is 2.80. The van der Waals surface area contributed by atoms with E-state index in [0.29, 0.717) is 26.9 Å². The molecule has 4 nitrogen and oxygen atoms in total. The van der Waals surface area contributed by atoms with E-state index in [0.717, 1.165) is 5.56 Å². The Morgan fingerprint density at radius 2 is 2.05 bits per heavy atom. The fraction of sp³-hybridized carbons (Fsp3) is 0.385. The number of rotatable bonds is 5. The predicted octanol–water partition coefficient (Wildman–Crippen LogP) is 4.32. The molecule has 0 aliphatic heterocycles. The van der Waals surface area contributed by atoms with Crippen molar-refractivity contribution in [3.05, 3.63) is 39.7 Å². The summed E-state index contributed by atoms with van der Waals surface area (Å²) in [4.78, 5) is 0. The molecule has 1 unspecified atom stereocenters. The van der Waals surface area contributed by atoms with Gasteiger partial charge in [0.25, 0.3) is 5.22 Å². The van der Waals surface area contributed by atoms with Gasteiger partial charge in [-0.2, -0.15) is 0 Å². The van der Waals surface area contributed by atoms with Gasteiger partial charge in [0.15, 0.2) is 0 Å². The van der Waals surface area contributed by atoms with E-state index in [1.54, 1.807) is 12.1 Å². The van der Waals surface area contributed by atoms with Gasteiger partial charge in [-0.3, -0.25) is 0 Å². The molecule has 0 radical (unpaired) electrons. The molecule has 0 bridgehead atoms. The second-order valence-corrected chi connectivity index (χ2v) is 6.47. The second-order valence-electron chi connectivity index (χ2n) is 4.70. The molecule has 2 rings (SSSR count). The lowest BCUT2D eigenvalue weighted by atomic mass is 10.1. The first kappa shape index (κ1) is 15.6. The summed E-state index contributed by atoms with van der Waals surface area (Å²) in [5.41, 5.74) is 6.92. The highest BCUT2D eigenvalue weighted by atomic mass is 35.5. The highest BCUT2D eigenvalue weighted by Crippen LogP contribution is 2.29. The first-order valence-corrected chi connectivity index (χ1v) is 7.87. The Balaban J connectivity index is 2.01. The number of thioether (sulfide) groups is 1. The summed E-state index contributed by atoms with van der Waals surface area (Å²) in [6, 6.07) is 5.16. The van der Waals surface area contributed by atoms with Gasteiger partial charge in [0.1, 0.15) is 0 Å². The Morgan fingerprint density at radius 3 is 2.70 bits per heavy atom. The average Bonchev–Trinajstić information content (AvgIpc) is 2.85. The van der Waals surface area contributed by atoms with Crippen molar-refractivity contribution >= 4 is 35.0 Å². The smallest absolute Gasteiger partial charge is 0.276 e. The van der Waals surface area contributed by atoms with Crippen LogP contribution in [0.5, 0.6) is 0 Å². The normalized spacial score (nSPS) is 12.9. The molecule has 1 aromatic carbocycles. The zero-order chi connectivity index (χ0) is 14.7. The van der Waals surface area contributed by atoms with Gasteiger partial charge in [0.05, 0.1) is 6.04 Å². The van der Waals surface area contributed by atoms with Gasteiger partial charge < -0.3 is 10.2 Å². The molecule has 0 aliphatic rings. The van der Waals surface area contributed by atoms with Crippen LogP contribution in [0.2, 0.25) is 10.0 Å². The molecular formula is C13H15Cl2N3OS. The fourth-order valence-electron chi connectivity index (χ4n) is 1.48. The maximum Gasteiger partial charge on any atom is 0.276 e. The van der Waals surface area contributed by atoms with Crippen LogP contribution in [0.25, 0.3) is 0 Å². The Bertz CT molecular complexity index is 589. The van der Waals surface area contributed by atoms with Gasteiger partial charge in [-0.05, 0) is 23.6 Å². The highest BCUT2D eigenvalue weighted by Gasteiger charge is 2.18. The Kier molecular flexibility index (Phi) is 5.32. The summed E-state index contributed by atoms with van der Waals surface area (Å²) in [5.74, 6) is 1.35. The molecule has 20 heavy (non-hydrogen) atoms. The van der Waals surface area contributed by atoms with Crippen molar-refractivity contribution in [3.8, 4) is 0 Å². The topological polar surface area (TPSA) is 64.9 Å². The first-order valence-electron chi connectivity index (χ1n) is 6.13. The molecule has 1 atom stereocenters. The molecule has 0 spiro atoms. The van der Waals surface area contributed by atoms with Crippen molar-refractivity contribution in [2.24, 2.45) is 11.7 Å². The van der Waals surface area contributed by atoms with Crippen molar-refractivity contribution in [2.45, 2.75) is 30.9 Å². The molecule has 108 valence electrons. The Hall–Kier alpha value is -0.750. The number of nitrogens with two attached hydrogens (primary N) is 1. The van der Waals surface area contributed by atoms with Crippen LogP contribution in [0, 0.1) is 5.92 Å². The molecule has 2 N–H and O–H groups in total. The highest BCUT2D eigenvalue weighted by molar-refractivity contribution is 7.98. The van der Waals surface area contributed by atoms with Gasteiger partial charge in [-0.25, -0.2) is 0 Å². The summed E-state index contributed by atoms with van der Waals surface area (Å²) >= 11 is 13.4. The van der Waals surface area contributed by atoms with Crippen molar-refractivity contribution in [1.29, 1.82) is 0 Å². The van der Waals surface area contributed by atoms with Crippen LogP contribution < -0.4 is 5.73 Å². The quantitative estimate of drug-likeness (QED) is 0.826. The van der Waals surface area contributed by atoms with Crippen LogP contribution in [0.3, 0.4) is 0 Å². The number of benzene rings is 1. The molecule has 0 fully saturated rings. The van der Waals surface area contributed by atoms with Crippen LogP contribution in [0.4, 0.5) is 0 Å². The van der Waals surface area contributed by atoms with Gasteiger partial charge >= 0.3 is 0 Å². The van der Waals surface area contributed by atoms with Gasteiger partial charge in [0.2, 0.25) is 5.89 Å². The second kappa shape index (κ2) is 6.80. The molecular weight excluding hydrogens is 317 g/mol. The van der Waals surface area contributed by atoms with E-state index in [9.17, 15) is 0 Å². The molecule has 0 saturated heterocycles. The number of nitrogens with zero attached hydrogens (tertiary/aromatic N) is 2. The lowest BCUT2D eigenvalue weighted by Gasteiger charge is -2.09. The minimum Gasteiger partial charge on any atom is -0.414 e. The third kappa shape index (κ3) is 3.88. The van der Waals surface area contributed by atoms with Crippen LogP contribution in [0.15, 0.2) is 27.8 Å². The maximum absolute atomic E-state index is 6.11. The van der Waals surface area contributed by atoms with E-state index in [4.69, 9.17) is 33.4 Å². The summed E-state index contributed by atoms with van der Waals surface area (Å²) in [6.45, 7) is 4.02. The van der Waals surface area contributed by atoms with E-state index in [1.165, 1.54) is 11.8 Å². The maximum atomic E-state index is 6.11. The van der Waals surface area contributed by atoms with E-state index in [1.807, 2.05) is 19.9 Å². The summed E-state index contributed by atoms with van der Waals surface area (Å²) in [6.07, 6.45) is 0.